The average molecular weight is 491 g/mol. The molecule has 1 aliphatic rings. The van der Waals surface area contributed by atoms with E-state index in [-0.39, 0.29) is 18.3 Å². The van der Waals surface area contributed by atoms with E-state index in [1.165, 1.54) is 0 Å². The predicted octanol–water partition coefficient (Wildman–Crippen LogP) is 5.05. The van der Waals surface area contributed by atoms with E-state index in [1.54, 1.807) is 4.90 Å². The van der Waals surface area contributed by atoms with Gasteiger partial charge in [0.1, 0.15) is 17.5 Å². The van der Waals surface area contributed by atoms with Gasteiger partial charge in [0.25, 0.3) is 0 Å². The molecule has 28 heavy (non-hydrogen) atoms. The van der Waals surface area contributed by atoms with Crippen LogP contribution in [0.5, 0.6) is 5.75 Å². The van der Waals surface area contributed by atoms with E-state index >= 15 is 0 Å². The van der Waals surface area contributed by atoms with Gasteiger partial charge in [-0.3, -0.25) is 0 Å². The Labute approximate surface area is 180 Å². The van der Waals surface area contributed by atoms with Crippen LogP contribution in [0.2, 0.25) is 0 Å². The lowest BCUT2D eigenvalue weighted by Crippen LogP contribution is -2.50. The summed E-state index contributed by atoms with van der Waals surface area (Å²) in [7, 11) is 0. The van der Waals surface area contributed by atoms with Gasteiger partial charge in [0.15, 0.2) is 6.10 Å². The Morgan fingerprint density at radius 1 is 1.14 bits per heavy atom. The Morgan fingerprint density at radius 2 is 1.82 bits per heavy atom. The van der Waals surface area contributed by atoms with Crippen molar-refractivity contribution in [2.75, 3.05) is 19.7 Å². The van der Waals surface area contributed by atoms with Crippen molar-refractivity contribution < 1.29 is 19.0 Å². The number of carbonyl (C=O) groups excluding carboxylic acids is 1. The van der Waals surface area contributed by atoms with Crippen LogP contribution in [0.15, 0.2) is 54.6 Å². The molecule has 3 rings (SSSR count). The summed E-state index contributed by atoms with van der Waals surface area (Å²) in [6, 6.07) is 17.9. The van der Waals surface area contributed by atoms with Crippen LogP contribution in [-0.4, -0.2) is 42.4 Å². The fourth-order valence-electron chi connectivity index (χ4n) is 3.03. The number of ether oxygens (including phenoxy) is 3. The molecular formula is C22H26INO4. The molecule has 0 spiro atoms. The highest BCUT2D eigenvalue weighted by atomic mass is 123. The molecular weight excluding hydrogens is 465 g/mol. The van der Waals surface area contributed by atoms with Gasteiger partial charge in [0.05, 0.1) is 16.7 Å². The lowest BCUT2D eigenvalue weighted by molar-refractivity contribution is -0.0838. The summed E-state index contributed by atoms with van der Waals surface area (Å²) < 4.78 is 19.0. The fourth-order valence-corrected chi connectivity index (χ4v) is 3.54. The Bertz CT molecular complexity index is 791. The second-order valence-electron chi connectivity index (χ2n) is 7.72. The molecule has 0 saturated carbocycles. The number of morpholine rings is 1. The van der Waals surface area contributed by atoms with Crippen LogP contribution in [0, 0.1) is 3.57 Å². The zero-order valence-electron chi connectivity index (χ0n) is 16.4. The molecule has 6 heteroatoms. The number of hydrogen-bond donors (Lipinski definition) is 0. The van der Waals surface area contributed by atoms with Crippen LogP contribution in [0.3, 0.4) is 0 Å². The third kappa shape index (κ3) is 5.61. The van der Waals surface area contributed by atoms with Crippen molar-refractivity contribution in [3.05, 3.63) is 63.7 Å². The van der Waals surface area contributed by atoms with Crippen molar-refractivity contribution in [3.8, 4) is 5.75 Å². The van der Waals surface area contributed by atoms with E-state index in [0.717, 1.165) is 14.9 Å². The molecule has 1 aliphatic heterocycles. The minimum absolute atomic E-state index is 0.292. The summed E-state index contributed by atoms with van der Waals surface area (Å²) in [6.07, 6.45) is -0.941. The predicted molar refractivity (Wildman–Crippen MR) is 117 cm³/mol. The van der Waals surface area contributed by atoms with Crippen molar-refractivity contribution in [1.29, 1.82) is 0 Å². The summed E-state index contributed by atoms with van der Waals surface area (Å²) in [6.45, 7) is 6.98. The van der Waals surface area contributed by atoms with Gasteiger partial charge in [-0.1, -0.05) is 42.5 Å². The second-order valence-corrected chi connectivity index (χ2v) is 8.88. The molecule has 0 bridgehead atoms. The van der Waals surface area contributed by atoms with E-state index in [2.05, 4.69) is 22.6 Å². The Kier molecular flexibility index (Phi) is 6.82. The number of para-hydroxylation sites is 1. The first-order chi connectivity index (χ1) is 13.3. The molecule has 2 atom stereocenters. The Morgan fingerprint density at radius 3 is 2.50 bits per heavy atom. The van der Waals surface area contributed by atoms with Crippen molar-refractivity contribution in [2.45, 2.75) is 38.6 Å². The lowest BCUT2D eigenvalue weighted by atomic mass is 10.0. The SMILES string of the molecule is CC(C)(C)OC(=O)N1CCO[C@@H](C(Oc2ccccc2[123I])c2ccccc2)C1. The van der Waals surface area contributed by atoms with Crippen LogP contribution in [-0.2, 0) is 9.47 Å². The Balaban J connectivity index is 1.81. The molecule has 2 aromatic rings. The summed E-state index contributed by atoms with van der Waals surface area (Å²) in [5, 5.41) is 0. The summed E-state index contributed by atoms with van der Waals surface area (Å²) in [5.74, 6) is 0.801. The van der Waals surface area contributed by atoms with E-state index in [0.29, 0.717) is 19.7 Å². The normalized spacial score (nSPS) is 18.4. The standard InChI is InChI=1S/C22H26INO4/c1-22(2,3)28-21(25)24-13-14-26-19(15-24)20(16-9-5-4-6-10-16)27-18-12-8-7-11-17(18)23/h4-12,19-20H,13-15H2,1-3H3/t19-,20?/m1/s1/i23-4. The van der Waals surface area contributed by atoms with Crippen LogP contribution < -0.4 is 4.74 Å². The number of amides is 1. The third-order valence-corrected chi connectivity index (χ3v) is 5.19. The smallest absolute Gasteiger partial charge is 0.410 e. The Hall–Kier alpha value is -1.80. The number of rotatable bonds is 4. The second kappa shape index (κ2) is 9.13. The molecule has 150 valence electrons. The highest BCUT2D eigenvalue weighted by Crippen LogP contribution is 2.31. The summed E-state index contributed by atoms with van der Waals surface area (Å²) >= 11 is 2.26. The molecule has 1 heterocycles. The molecule has 0 N–H and O–H groups in total. The van der Waals surface area contributed by atoms with Crippen molar-refractivity contribution in [3.63, 3.8) is 0 Å². The summed E-state index contributed by atoms with van der Waals surface area (Å²) in [5.41, 5.74) is 0.485. The van der Waals surface area contributed by atoms with Gasteiger partial charge in [0.2, 0.25) is 0 Å². The van der Waals surface area contributed by atoms with Crippen molar-refractivity contribution in [1.82, 2.24) is 4.90 Å². The molecule has 5 nitrogen and oxygen atoms in total. The number of carbonyl (C=O) groups is 1. The van der Waals surface area contributed by atoms with Crippen LogP contribution in [0.25, 0.3) is 0 Å². The number of nitrogens with zero attached hydrogens (tertiary/aromatic N) is 1. The molecule has 1 unspecified atom stereocenters. The molecule has 2 aromatic carbocycles. The van der Waals surface area contributed by atoms with E-state index in [1.807, 2.05) is 75.4 Å². The number of benzene rings is 2. The van der Waals surface area contributed by atoms with E-state index < -0.39 is 5.60 Å². The van der Waals surface area contributed by atoms with Gasteiger partial charge >= 0.3 is 6.09 Å². The first-order valence-electron chi connectivity index (χ1n) is 9.39. The van der Waals surface area contributed by atoms with Crippen molar-refractivity contribution >= 4 is 28.7 Å². The van der Waals surface area contributed by atoms with Crippen LogP contribution in [0.4, 0.5) is 4.79 Å². The minimum Gasteiger partial charge on any atom is -0.482 e. The summed E-state index contributed by atoms with van der Waals surface area (Å²) in [4.78, 5) is 14.2. The minimum atomic E-state index is -0.527. The van der Waals surface area contributed by atoms with Gasteiger partial charge < -0.3 is 19.1 Å². The maximum absolute atomic E-state index is 12.5. The highest BCUT2D eigenvalue weighted by molar-refractivity contribution is 14.1. The topological polar surface area (TPSA) is 48.0 Å². The van der Waals surface area contributed by atoms with Crippen LogP contribution in [0.1, 0.15) is 32.4 Å². The molecule has 0 aliphatic carbocycles. The fraction of sp³-hybridized carbons (Fsp3) is 0.409. The maximum Gasteiger partial charge on any atom is 0.410 e. The first-order valence-corrected chi connectivity index (χ1v) is 10.5. The highest BCUT2D eigenvalue weighted by Gasteiger charge is 2.34. The first kappa shape index (κ1) is 20.9. The van der Waals surface area contributed by atoms with Gasteiger partial charge in [-0.15, -0.1) is 0 Å². The van der Waals surface area contributed by atoms with Crippen LogP contribution >= 0.6 is 22.6 Å². The monoisotopic (exact) mass is 491 g/mol. The average Bonchev–Trinajstić information content (AvgIpc) is 2.67. The quantitative estimate of drug-likeness (QED) is 0.562. The van der Waals surface area contributed by atoms with E-state index in [9.17, 15) is 4.79 Å². The maximum atomic E-state index is 12.5. The molecule has 1 amide bonds. The number of halogens is 1. The largest absolute Gasteiger partial charge is 0.482 e. The molecule has 0 radical (unpaired) electrons. The van der Waals surface area contributed by atoms with Gasteiger partial charge in [-0.25, -0.2) is 4.79 Å². The third-order valence-electron chi connectivity index (χ3n) is 4.30. The van der Waals surface area contributed by atoms with E-state index in [4.69, 9.17) is 14.2 Å². The molecule has 1 fully saturated rings. The lowest BCUT2D eigenvalue weighted by Gasteiger charge is -2.37. The van der Waals surface area contributed by atoms with Gasteiger partial charge in [0, 0.05) is 6.54 Å². The zero-order valence-corrected chi connectivity index (χ0v) is 18.6. The van der Waals surface area contributed by atoms with Gasteiger partial charge in [-0.2, -0.15) is 0 Å². The zero-order chi connectivity index (χ0) is 20.1. The number of hydrogen-bond acceptors (Lipinski definition) is 4. The van der Waals surface area contributed by atoms with Gasteiger partial charge in [-0.05, 0) is 61.1 Å². The molecule has 0 aromatic heterocycles. The molecule has 1 saturated heterocycles. The van der Waals surface area contributed by atoms with Crippen molar-refractivity contribution in [2.24, 2.45) is 0 Å².